The zero-order valence-corrected chi connectivity index (χ0v) is 9.91. The van der Waals surface area contributed by atoms with Crippen molar-refractivity contribution >= 4 is 5.97 Å². The summed E-state index contributed by atoms with van der Waals surface area (Å²) in [6.07, 6.45) is 9.74. The van der Waals surface area contributed by atoms with E-state index in [0.717, 1.165) is 12.8 Å². The van der Waals surface area contributed by atoms with Crippen molar-refractivity contribution in [3.63, 3.8) is 0 Å². The summed E-state index contributed by atoms with van der Waals surface area (Å²) in [5.41, 5.74) is -0.836. The van der Waals surface area contributed by atoms with Crippen LogP contribution in [-0.4, -0.2) is 23.3 Å². The maximum atomic E-state index is 11.3. The van der Waals surface area contributed by atoms with Crippen LogP contribution in [0, 0.1) is 5.92 Å². The van der Waals surface area contributed by atoms with Crippen LogP contribution >= 0.6 is 0 Å². The highest BCUT2D eigenvalue weighted by molar-refractivity contribution is 5.77. The molecular formula is C13H22O3. The highest BCUT2D eigenvalue weighted by atomic mass is 16.5. The monoisotopic (exact) mass is 226 g/mol. The quantitative estimate of drug-likeness (QED) is 0.801. The molecule has 16 heavy (non-hydrogen) atoms. The molecule has 2 rings (SSSR count). The molecule has 0 unspecified atom stereocenters. The molecule has 2 saturated carbocycles. The van der Waals surface area contributed by atoms with Gasteiger partial charge in [0.15, 0.2) is 5.60 Å². The fourth-order valence-electron chi connectivity index (χ4n) is 3.00. The first-order chi connectivity index (χ1) is 7.73. The van der Waals surface area contributed by atoms with E-state index in [-0.39, 0.29) is 0 Å². The molecular weight excluding hydrogens is 204 g/mol. The fourth-order valence-corrected chi connectivity index (χ4v) is 3.00. The maximum absolute atomic E-state index is 11.3. The summed E-state index contributed by atoms with van der Waals surface area (Å²) >= 11 is 0. The first-order valence-electron chi connectivity index (χ1n) is 6.60. The van der Waals surface area contributed by atoms with Gasteiger partial charge in [0, 0.05) is 0 Å². The number of ether oxygens (including phenoxy) is 1. The van der Waals surface area contributed by atoms with Gasteiger partial charge >= 0.3 is 5.97 Å². The second kappa shape index (κ2) is 5.17. The van der Waals surface area contributed by atoms with E-state index in [1.807, 2.05) is 0 Å². The Bertz CT molecular complexity index is 238. The van der Waals surface area contributed by atoms with E-state index in [2.05, 4.69) is 0 Å². The molecule has 2 aliphatic carbocycles. The normalized spacial score (nSPS) is 25.8. The second-order valence-corrected chi connectivity index (χ2v) is 5.32. The summed E-state index contributed by atoms with van der Waals surface area (Å²) in [5, 5.41) is 9.27. The van der Waals surface area contributed by atoms with Crippen molar-refractivity contribution < 1.29 is 14.6 Å². The molecule has 3 nitrogen and oxygen atoms in total. The molecule has 0 aliphatic heterocycles. The average molecular weight is 226 g/mol. The predicted octanol–water partition coefficient (Wildman–Crippen LogP) is 2.98. The summed E-state index contributed by atoms with van der Waals surface area (Å²) in [6, 6.07) is 0. The van der Waals surface area contributed by atoms with Gasteiger partial charge < -0.3 is 9.84 Å². The van der Waals surface area contributed by atoms with Crippen LogP contribution in [0.3, 0.4) is 0 Å². The molecule has 1 N–H and O–H groups in total. The summed E-state index contributed by atoms with van der Waals surface area (Å²) in [7, 11) is 0. The Hall–Kier alpha value is -0.570. The van der Waals surface area contributed by atoms with Gasteiger partial charge in [-0.25, -0.2) is 4.79 Å². The molecule has 0 amide bonds. The van der Waals surface area contributed by atoms with E-state index in [1.54, 1.807) is 0 Å². The van der Waals surface area contributed by atoms with E-state index in [0.29, 0.717) is 25.4 Å². The SMILES string of the molecule is O=C(O)C1(OCC2CCCCC2)CCCC1. The van der Waals surface area contributed by atoms with Gasteiger partial charge in [0.2, 0.25) is 0 Å². The van der Waals surface area contributed by atoms with Crippen LogP contribution in [0.1, 0.15) is 57.8 Å². The van der Waals surface area contributed by atoms with E-state index in [4.69, 9.17) is 4.74 Å². The Morgan fingerprint density at radius 3 is 2.31 bits per heavy atom. The highest BCUT2D eigenvalue weighted by Gasteiger charge is 2.42. The van der Waals surface area contributed by atoms with Gasteiger partial charge in [-0.15, -0.1) is 0 Å². The maximum Gasteiger partial charge on any atom is 0.335 e. The van der Waals surface area contributed by atoms with E-state index >= 15 is 0 Å². The van der Waals surface area contributed by atoms with Gasteiger partial charge in [0.25, 0.3) is 0 Å². The Balaban J connectivity index is 1.84. The summed E-state index contributed by atoms with van der Waals surface area (Å²) < 4.78 is 5.79. The van der Waals surface area contributed by atoms with Crippen molar-refractivity contribution in [2.45, 2.75) is 63.4 Å². The van der Waals surface area contributed by atoms with Gasteiger partial charge in [0.1, 0.15) is 0 Å². The lowest BCUT2D eigenvalue weighted by molar-refractivity contribution is -0.167. The third-order valence-electron chi connectivity index (χ3n) is 4.12. The minimum atomic E-state index is -0.836. The number of carboxylic acids is 1. The van der Waals surface area contributed by atoms with Crippen molar-refractivity contribution in [3.8, 4) is 0 Å². The van der Waals surface area contributed by atoms with Crippen molar-refractivity contribution in [1.29, 1.82) is 0 Å². The Morgan fingerprint density at radius 2 is 1.75 bits per heavy atom. The molecule has 0 heterocycles. The van der Waals surface area contributed by atoms with Gasteiger partial charge in [0.05, 0.1) is 6.61 Å². The lowest BCUT2D eigenvalue weighted by Gasteiger charge is -2.29. The number of carbonyl (C=O) groups is 1. The van der Waals surface area contributed by atoms with Crippen LogP contribution in [0.5, 0.6) is 0 Å². The summed E-state index contributed by atoms with van der Waals surface area (Å²) in [6.45, 7) is 0.659. The van der Waals surface area contributed by atoms with E-state index in [1.165, 1.54) is 32.1 Å². The van der Waals surface area contributed by atoms with Crippen LogP contribution in [0.25, 0.3) is 0 Å². The molecule has 3 heteroatoms. The minimum absolute atomic E-state index is 0.602. The molecule has 0 aromatic carbocycles. The van der Waals surface area contributed by atoms with Crippen LogP contribution in [-0.2, 0) is 9.53 Å². The summed E-state index contributed by atoms with van der Waals surface area (Å²) in [4.78, 5) is 11.3. The molecule has 2 fully saturated rings. The molecule has 2 aliphatic rings. The second-order valence-electron chi connectivity index (χ2n) is 5.32. The molecule has 0 saturated heterocycles. The van der Waals surface area contributed by atoms with Gasteiger partial charge in [-0.05, 0) is 44.4 Å². The largest absolute Gasteiger partial charge is 0.479 e. The number of hydrogen-bond acceptors (Lipinski definition) is 2. The molecule has 0 bridgehead atoms. The third kappa shape index (κ3) is 2.57. The lowest BCUT2D eigenvalue weighted by Crippen LogP contribution is -2.40. The zero-order chi connectivity index (χ0) is 11.4. The molecule has 0 spiro atoms. The van der Waals surface area contributed by atoms with Crippen molar-refractivity contribution in [1.82, 2.24) is 0 Å². The standard InChI is InChI=1S/C13H22O3/c14-12(15)13(8-4-5-9-13)16-10-11-6-2-1-3-7-11/h11H,1-10H2,(H,14,15). The average Bonchev–Trinajstić information content (AvgIpc) is 2.78. The van der Waals surface area contributed by atoms with Crippen molar-refractivity contribution in [3.05, 3.63) is 0 Å². The zero-order valence-electron chi connectivity index (χ0n) is 9.91. The number of aliphatic carboxylic acids is 1. The Morgan fingerprint density at radius 1 is 1.12 bits per heavy atom. The molecule has 0 radical (unpaired) electrons. The van der Waals surface area contributed by atoms with Crippen LogP contribution in [0.4, 0.5) is 0 Å². The smallest absolute Gasteiger partial charge is 0.335 e. The van der Waals surface area contributed by atoms with Gasteiger partial charge in [-0.1, -0.05) is 19.3 Å². The molecule has 0 aromatic rings. The molecule has 92 valence electrons. The van der Waals surface area contributed by atoms with Crippen LogP contribution < -0.4 is 0 Å². The highest BCUT2D eigenvalue weighted by Crippen LogP contribution is 2.35. The molecule has 0 aromatic heterocycles. The van der Waals surface area contributed by atoms with Crippen molar-refractivity contribution in [2.24, 2.45) is 5.92 Å². The van der Waals surface area contributed by atoms with E-state index in [9.17, 15) is 9.90 Å². The van der Waals surface area contributed by atoms with Crippen LogP contribution in [0.15, 0.2) is 0 Å². The summed E-state index contributed by atoms with van der Waals surface area (Å²) in [5.74, 6) is -0.147. The van der Waals surface area contributed by atoms with E-state index < -0.39 is 11.6 Å². The van der Waals surface area contributed by atoms with Crippen molar-refractivity contribution in [2.75, 3.05) is 6.61 Å². The topological polar surface area (TPSA) is 46.5 Å². The number of carboxylic acid groups (broad SMARTS) is 1. The number of rotatable bonds is 4. The number of hydrogen-bond donors (Lipinski definition) is 1. The predicted molar refractivity (Wildman–Crippen MR) is 61.4 cm³/mol. The molecule has 0 atom stereocenters. The third-order valence-corrected chi connectivity index (χ3v) is 4.12. The minimum Gasteiger partial charge on any atom is -0.479 e. The Kier molecular flexibility index (Phi) is 3.85. The van der Waals surface area contributed by atoms with Gasteiger partial charge in [-0.2, -0.15) is 0 Å². The lowest BCUT2D eigenvalue weighted by atomic mass is 9.89. The first-order valence-corrected chi connectivity index (χ1v) is 6.60. The first kappa shape index (κ1) is 11.9. The fraction of sp³-hybridized carbons (Fsp3) is 0.923. The Labute approximate surface area is 97.2 Å². The van der Waals surface area contributed by atoms with Crippen LogP contribution in [0.2, 0.25) is 0 Å². The van der Waals surface area contributed by atoms with Gasteiger partial charge in [-0.3, -0.25) is 0 Å².